The molecule has 14 heavy (non-hydrogen) atoms. The highest BCUT2D eigenvalue weighted by Gasteiger charge is 2.20. The molecule has 3 rings (SSSR count). The Bertz CT molecular complexity index is 447. The molecule has 1 unspecified atom stereocenters. The van der Waals surface area contributed by atoms with Crippen LogP contribution < -0.4 is 5.32 Å². The third-order valence-electron chi connectivity index (χ3n) is 2.65. The summed E-state index contributed by atoms with van der Waals surface area (Å²) in [6.07, 6.45) is 4.70. The molecule has 0 aromatic carbocycles. The first kappa shape index (κ1) is 8.26. The van der Waals surface area contributed by atoms with Crippen LogP contribution in [0.3, 0.4) is 0 Å². The summed E-state index contributed by atoms with van der Waals surface area (Å²) in [6.45, 7) is 2.12. The van der Waals surface area contributed by atoms with Crippen LogP contribution in [0.5, 0.6) is 0 Å². The van der Waals surface area contributed by atoms with Crippen molar-refractivity contribution in [1.82, 2.24) is 19.7 Å². The molecule has 1 atom stereocenters. The number of fused-ring (bicyclic) bond motifs is 1. The van der Waals surface area contributed by atoms with Crippen molar-refractivity contribution in [2.75, 3.05) is 13.1 Å². The van der Waals surface area contributed by atoms with Crippen molar-refractivity contribution in [3.63, 3.8) is 0 Å². The van der Waals surface area contributed by atoms with Gasteiger partial charge in [-0.3, -0.25) is 0 Å². The maximum absolute atomic E-state index is 4.38. The third-order valence-corrected chi connectivity index (χ3v) is 3.36. The zero-order valence-electron chi connectivity index (χ0n) is 7.60. The van der Waals surface area contributed by atoms with Crippen molar-refractivity contribution in [3.05, 3.63) is 18.2 Å². The summed E-state index contributed by atoms with van der Waals surface area (Å²) in [6, 6.07) is 0. The van der Waals surface area contributed by atoms with E-state index in [0.29, 0.717) is 5.92 Å². The Labute approximate surface area is 85.6 Å². The van der Waals surface area contributed by atoms with Gasteiger partial charge in [-0.25, -0.2) is 9.97 Å². The van der Waals surface area contributed by atoms with Gasteiger partial charge in [0.05, 0.1) is 17.3 Å². The van der Waals surface area contributed by atoms with Gasteiger partial charge >= 0.3 is 0 Å². The van der Waals surface area contributed by atoms with Crippen molar-refractivity contribution < 1.29 is 0 Å². The SMILES string of the molecule is c1nc(C2CCNC2)c2cnsc2n1. The van der Waals surface area contributed by atoms with Gasteiger partial charge in [-0.2, -0.15) is 4.37 Å². The lowest BCUT2D eigenvalue weighted by atomic mass is 10.0. The van der Waals surface area contributed by atoms with Crippen LogP contribution in [0.25, 0.3) is 10.2 Å². The smallest absolute Gasteiger partial charge is 0.147 e. The van der Waals surface area contributed by atoms with E-state index in [1.807, 2.05) is 6.20 Å². The van der Waals surface area contributed by atoms with Gasteiger partial charge in [0.2, 0.25) is 0 Å². The molecule has 1 N–H and O–H groups in total. The lowest BCUT2D eigenvalue weighted by Gasteiger charge is -2.07. The maximum Gasteiger partial charge on any atom is 0.147 e. The number of rotatable bonds is 1. The zero-order valence-corrected chi connectivity index (χ0v) is 8.42. The molecule has 0 radical (unpaired) electrons. The van der Waals surface area contributed by atoms with Gasteiger partial charge in [-0.1, -0.05) is 0 Å². The second-order valence-corrected chi connectivity index (χ2v) is 4.27. The van der Waals surface area contributed by atoms with E-state index in [1.54, 1.807) is 6.33 Å². The predicted octanol–water partition coefficient (Wildman–Crippen LogP) is 1.16. The van der Waals surface area contributed by atoms with Gasteiger partial charge in [0, 0.05) is 12.5 Å². The quantitative estimate of drug-likeness (QED) is 0.760. The van der Waals surface area contributed by atoms with E-state index in [4.69, 9.17) is 0 Å². The first-order valence-corrected chi connectivity index (χ1v) is 5.48. The summed E-state index contributed by atoms with van der Waals surface area (Å²) in [5.41, 5.74) is 1.16. The Hall–Kier alpha value is -1.07. The molecule has 3 heterocycles. The molecule has 1 aliphatic rings. The van der Waals surface area contributed by atoms with E-state index < -0.39 is 0 Å². The van der Waals surface area contributed by atoms with Crippen LogP contribution in [0.4, 0.5) is 0 Å². The molecule has 0 bridgehead atoms. The van der Waals surface area contributed by atoms with E-state index >= 15 is 0 Å². The highest BCUT2D eigenvalue weighted by Crippen LogP contribution is 2.27. The average molecular weight is 206 g/mol. The Morgan fingerprint density at radius 3 is 3.29 bits per heavy atom. The second-order valence-electron chi connectivity index (χ2n) is 3.49. The molecule has 2 aromatic heterocycles. The monoisotopic (exact) mass is 206 g/mol. The standard InChI is InChI=1S/C9H10N4S/c1-2-10-3-6(1)8-7-4-13-14-9(7)12-5-11-8/h4-6,10H,1-3H2. The summed E-state index contributed by atoms with van der Waals surface area (Å²) in [7, 11) is 0. The summed E-state index contributed by atoms with van der Waals surface area (Å²) in [4.78, 5) is 9.58. The topological polar surface area (TPSA) is 50.7 Å². The molecule has 0 saturated carbocycles. The lowest BCUT2D eigenvalue weighted by Crippen LogP contribution is -2.09. The van der Waals surface area contributed by atoms with Gasteiger partial charge in [-0.05, 0) is 24.5 Å². The van der Waals surface area contributed by atoms with Crippen molar-refractivity contribution in [3.8, 4) is 0 Å². The van der Waals surface area contributed by atoms with E-state index in [1.165, 1.54) is 18.0 Å². The van der Waals surface area contributed by atoms with E-state index in [9.17, 15) is 0 Å². The molecule has 1 saturated heterocycles. The fraction of sp³-hybridized carbons (Fsp3) is 0.444. The summed E-state index contributed by atoms with van der Waals surface area (Å²) >= 11 is 1.44. The zero-order chi connectivity index (χ0) is 9.38. The number of hydrogen-bond acceptors (Lipinski definition) is 5. The van der Waals surface area contributed by atoms with Crippen molar-refractivity contribution in [1.29, 1.82) is 0 Å². The molecule has 72 valence electrons. The third kappa shape index (κ3) is 1.20. The molecule has 1 fully saturated rings. The van der Waals surface area contributed by atoms with Crippen molar-refractivity contribution >= 4 is 21.7 Å². The molecule has 0 aliphatic carbocycles. The first-order chi connectivity index (χ1) is 6.95. The van der Waals surface area contributed by atoms with Gasteiger partial charge in [0.15, 0.2) is 0 Å². The number of aromatic nitrogens is 3. The van der Waals surface area contributed by atoms with E-state index in [0.717, 1.165) is 29.0 Å². The lowest BCUT2D eigenvalue weighted by molar-refractivity contribution is 0.740. The van der Waals surface area contributed by atoms with E-state index in [2.05, 4.69) is 19.7 Å². The first-order valence-electron chi connectivity index (χ1n) is 4.71. The molecule has 5 heteroatoms. The molecule has 0 amide bonds. The largest absolute Gasteiger partial charge is 0.316 e. The minimum absolute atomic E-state index is 0.539. The Balaban J connectivity index is 2.14. The van der Waals surface area contributed by atoms with Gasteiger partial charge < -0.3 is 5.32 Å². The van der Waals surface area contributed by atoms with Crippen molar-refractivity contribution in [2.45, 2.75) is 12.3 Å². The second kappa shape index (κ2) is 3.25. The average Bonchev–Trinajstić information content (AvgIpc) is 2.88. The fourth-order valence-electron chi connectivity index (χ4n) is 1.93. The van der Waals surface area contributed by atoms with Crippen LogP contribution in [-0.2, 0) is 0 Å². The number of hydrogen-bond donors (Lipinski definition) is 1. The molecular weight excluding hydrogens is 196 g/mol. The van der Waals surface area contributed by atoms with Crippen molar-refractivity contribution in [2.24, 2.45) is 0 Å². The Morgan fingerprint density at radius 2 is 2.43 bits per heavy atom. The summed E-state index contributed by atoms with van der Waals surface area (Å²) in [5, 5.41) is 4.48. The van der Waals surface area contributed by atoms with Gasteiger partial charge in [0.1, 0.15) is 11.2 Å². The highest BCUT2D eigenvalue weighted by atomic mass is 32.1. The van der Waals surface area contributed by atoms with Crippen LogP contribution in [0.15, 0.2) is 12.5 Å². The predicted molar refractivity (Wildman–Crippen MR) is 55.4 cm³/mol. The number of nitrogens with zero attached hydrogens (tertiary/aromatic N) is 3. The van der Waals surface area contributed by atoms with Crippen LogP contribution in [0.2, 0.25) is 0 Å². The molecular formula is C9H10N4S. The minimum atomic E-state index is 0.539. The number of nitrogens with one attached hydrogen (secondary N) is 1. The normalized spacial score (nSPS) is 21.9. The molecule has 4 nitrogen and oxygen atoms in total. The molecule has 1 aliphatic heterocycles. The highest BCUT2D eigenvalue weighted by molar-refractivity contribution is 7.12. The van der Waals surface area contributed by atoms with E-state index in [-0.39, 0.29) is 0 Å². The minimum Gasteiger partial charge on any atom is -0.316 e. The fourth-order valence-corrected chi connectivity index (χ4v) is 2.54. The van der Waals surface area contributed by atoms with Gasteiger partial charge in [0.25, 0.3) is 0 Å². The Kier molecular flexibility index (Phi) is 1.92. The molecule has 2 aromatic rings. The summed E-state index contributed by atoms with van der Waals surface area (Å²) < 4.78 is 4.15. The van der Waals surface area contributed by atoms with Gasteiger partial charge in [-0.15, -0.1) is 0 Å². The van der Waals surface area contributed by atoms with Crippen LogP contribution in [0.1, 0.15) is 18.0 Å². The Morgan fingerprint density at radius 1 is 1.43 bits per heavy atom. The van der Waals surface area contributed by atoms with Crippen LogP contribution in [-0.4, -0.2) is 27.4 Å². The van der Waals surface area contributed by atoms with Crippen LogP contribution >= 0.6 is 11.5 Å². The molecule has 0 spiro atoms. The maximum atomic E-state index is 4.38. The summed E-state index contributed by atoms with van der Waals surface area (Å²) in [5.74, 6) is 0.539. The van der Waals surface area contributed by atoms with Crippen LogP contribution in [0, 0.1) is 0 Å².